The van der Waals surface area contributed by atoms with Gasteiger partial charge in [-0.25, -0.2) is 4.79 Å². The van der Waals surface area contributed by atoms with Gasteiger partial charge in [0, 0.05) is 31.9 Å². The molecule has 1 N–H and O–H groups in total. The van der Waals surface area contributed by atoms with Crippen molar-refractivity contribution in [2.45, 2.75) is 6.42 Å². The number of nitrogens with zero attached hydrogens (tertiary/aromatic N) is 2. The number of carbonyl (C=O) groups is 2. The number of hydrogen-bond acceptors (Lipinski definition) is 3. The summed E-state index contributed by atoms with van der Waals surface area (Å²) < 4.78 is 5.13. The molecule has 0 unspecified atom stereocenters. The van der Waals surface area contributed by atoms with Crippen LogP contribution < -0.4 is 10.1 Å². The number of rotatable bonds is 4. The summed E-state index contributed by atoms with van der Waals surface area (Å²) in [6, 6.07) is 16.8. The van der Waals surface area contributed by atoms with Crippen LogP contribution >= 0.6 is 0 Å². The van der Waals surface area contributed by atoms with Crippen molar-refractivity contribution in [1.82, 2.24) is 9.80 Å². The van der Waals surface area contributed by atoms with Gasteiger partial charge in [-0.2, -0.15) is 0 Å². The van der Waals surface area contributed by atoms with Gasteiger partial charge in [-0.3, -0.25) is 4.79 Å². The lowest BCUT2D eigenvalue weighted by atomic mass is 10.1. The first-order valence-electron chi connectivity index (χ1n) is 8.67. The number of methoxy groups -OCH3 is 1. The highest BCUT2D eigenvalue weighted by atomic mass is 16.5. The van der Waals surface area contributed by atoms with E-state index in [0.717, 1.165) is 17.0 Å². The SMILES string of the molecule is COc1ccc(CC(=O)N2CCN(C(=O)Nc3ccccc3)CC2)cc1. The van der Waals surface area contributed by atoms with Crippen LogP contribution in [0, 0.1) is 0 Å². The molecule has 0 radical (unpaired) electrons. The average Bonchev–Trinajstić information content (AvgIpc) is 2.69. The summed E-state index contributed by atoms with van der Waals surface area (Å²) in [5.74, 6) is 0.859. The Morgan fingerprint density at radius 1 is 0.923 bits per heavy atom. The van der Waals surface area contributed by atoms with E-state index in [1.54, 1.807) is 12.0 Å². The Morgan fingerprint density at radius 2 is 1.54 bits per heavy atom. The smallest absolute Gasteiger partial charge is 0.321 e. The van der Waals surface area contributed by atoms with Gasteiger partial charge in [-0.1, -0.05) is 30.3 Å². The lowest BCUT2D eigenvalue weighted by molar-refractivity contribution is -0.131. The van der Waals surface area contributed by atoms with Crippen LogP contribution in [0.25, 0.3) is 0 Å². The molecule has 0 aromatic heterocycles. The second-order valence-electron chi connectivity index (χ2n) is 6.19. The van der Waals surface area contributed by atoms with Crippen molar-refractivity contribution in [3.63, 3.8) is 0 Å². The number of piperazine rings is 1. The topological polar surface area (TPSA) is 61.9 Å². The van der Waals surface area contributed by atoms with Gasteiger partial charge < -0.3 is 19.9 Å². The highest BCUT2D eigenvalue weighted by Gasteiger charge is 2.24. The molecule has 1 aliphatic rings. The quantitative estimate of drug-likeness (QED) is 0.919. The molecule has 26 heavy (non-hydrogen) atoms. The molecule has 2 aromatic carbocycles. The first-order valence-corrected chi connectivity index (χ1v) is 8.67. The first kappa shape index (κ1) is 17.8. The van der Waals surface area contributed by atoms with Gasteiger partial charge in [-0.05, 0) is 29.8 Å². The van der Waals surface area contributed by atoms with E-state index in [1.807, 2.05) is 59.5 Å². The molecular weight excluding hydrogens is 330 g/mol. The Hall–Kier alpha value is -3.02. The minimum atomic E-state index is -0.126. The molecule has 3 amide bonds. The molecule has 0 spiro atoms. The van der Waals surface area contributed by atoms with Crippen LogP contribution in [0.15, 0.2) is 54.6 Å². The van der Waals surface area contributed by atoms with E-state index in [-0.39, 0.29) is 11.9 Å². The second-order valence-corrected chi connectivity index (χ2v) is 6.19. The minimum absolute atomic E-state index is 0.0817. The summed E-state index contributed by atoms with van der Waals surface area (Å²) in [6.45, 7) is 2.18. The molecule has 136 valence electrons. The molecule has 1 aliphatic heterocycles. The number of urea groups is 1. The van der Waals surface area contributed by atoms with E-state index < -0.39 is 0 Å². The van der Waals surface area contributed by atoms with Gasteiger partial charge in [0.2, 0.25) is 5.91 Å². The number of benzene rings is 2. The summed E-state index contributed by atoms with van der Waals surface area (Å²) >= 11 is 0. The summed E-state index contributed by atoms with van der Waals surface area (Å²) in [6.07, 6.45) is 0.361. The summed E-state index contributed by atoms with van der Waals surface area (Å²) in [5, 5.41) is 2.88. The molecule has 1 heterocycles. The average molecular weight is 353 g/mol. The molecule has 2 aromatic rings. The molecule has 0 aliphatic carbocycles. The number of hydrogen-bond donors (Lipinski definition) is 1. The monoisotopic (exact) mass is 353 g/mol. The number of anilines is 1. The molecule has 6 nitrogen and oxygen atoms in total. The largest absolute Gasteiger partial charge is 0.497 e. The molecular formula is C20H23N3O3. The predicted molar refractivity (Wildman–Crippen MR) is 100 cm³/mol. The van der Waals surface area contributed by atoms with Crippen molar-refractivity contribution in [2.24, 2.45) is 0 Å². The number of ether oxygens (including phenoxy) is 1. The van der Waals surface area contributed by atoms with Crippen LogP contribution in [0.2, 0.25) is 0 Å². The van der Waals surface area contributed by atoms with Crippen molar-refractivity contribution in [3.8, 4) is 5.75 Å². The zero-order valence-electron chi connectivity index (χ0n) is 14.9. The summed E-state index contributed by atoms with van der Waals surface area (Å²) in [4.78, 5) is 28.3. The molecule has 0 atom stereocenters. The molecule has 1 fully saturated rings. The maximum Gasteiger partial charge on any atom is 0.321 e. The third-order valence-electron chi connectivity index (χ3n) is 4.46. The highest BCUT2D eigenvalue weighted by molar-refractivity contribution is 5.89. The van der Waals surface area contributed by atoms with E-state index in [9.17, 15) is 9.59 Å². The Balaban J connectivity index is 1.48. The fourth-order valence-electron chi connectivity index (χ4n) is 2.91. The van der Waals surface area contributed by atoms with Crippen molar-refractivity contribution < 1.29 is 14.3 Å². The standard InChI is InChI=1S/C20H23N3O3/c1-26-18-9-7-16(8-10-18)15-19(24)22-11-13-23(14-12-22)20(25)21-17-5-3-2-4-6-17/h2-10H,11-15H2,1H3,(H,21,25). The fourth-order valence-corrected chi connectivity index (χ4v) is 2.91. The van der Waals surface area contributed by atoms with E-state index in [1.165, 1.54) is 0 Å². The van der Waals surface area contributed by atoms with Crippen LogP contribution in [0.5, 0.6) is 5.75 Å². The van der Waals surface area contributed by atoms with Crippen LogP contribution in [0.1, 0.15) is 5.56 Å². The Morgan fingerprint density at radius 3 is 2.15 bits per heavy atom. The zero-order valence-corrected chi connectivity index (χ0v) is 14.9. The first-order chi connectivity index (χ1) is 12.7. The van der Waals surface area contributed by atoms with Crippen LogP contribution in [-0.2, 0) is 11.2 Å². The maximum absolute atomic E-state index is 12.5. The highest BCUT2D eigenvalue weighted by Crippen LogP contribution is 2.14. The van der Waals surface area contributed by atoms with Crippen LogP contribution in [0.4, 0.5) is 10.5 Å². The third kappa shape index (κ3) is 4.53. The van der Waals surface area contributed by atoms with Gasteiger partial charge in [0.05, 0.1) is 13.5 Å². The van der Waals surface area contributed by atoms with Crippen LogP contribution in [0.3, 0.4) is 0 Å². The van der Waals surface area contributed by atoms with E-state index in [2.05, 4.69) is 5.32 Å². The molecule has 6 heteroatoms. The molecule has 1 saturated heterocycles. The van der Waals surface area contributed by atoms with Gasteiger partial charge in [0.15, 0.2) is 0 Å². The van der Waals surface area contributed by atoms with Crippen LogP contribution in [-0.4, -0.2) is 55.0 Å². The number of amides is 3. The normalized spacial score (nSPS) is 14.0. The Bertz CT molecular complexity index is 739. The Kier molecular flexibility index (Phi) is 5.73. The van der Waals surface area contributed by atoms with Gasteiger partial charge >= 0.3 is 6.03 Å². The number of carbonyl (C=O) groups excluding carboxylic acids is 2. The number of para-hydroxylation sites is 1. The summed E-state index contributed by atoms with van der Waals surface area (Å²) in [7, 11) is 1.62. The number of nitrogens with one attached hydrogen (secondary N) is 1. The van der Waals surface area contributed by atoms with Crippen molar-refractivity contribution >= 4 is 17.6 Å². The third-order valence-corrected chi connectivity index (χ3v) is 4.46. The Labute approximate surface area is 153 Å². The van der Waals surface area contributed by atoms with Crippen molar-refractivity contribution in [2.75, 3.05) is 38.6 Å². The van der Waals surface area contributed by atoms with Gasteiger partial charge in [-0.15, -0.1) is 0 Å². The van der Waals surface area contributed by atoms with E-state index in [4.69, 9.17) is 4.74 Å². The minimum Gasteiger partial charge on any atom is -0.497 e. The maximum atomic E-state index is 12.5. The van der Waals surface area contributed by atoms with Gasteiger partial charge in [0.25, 0.3) is 0 Å². The molecule has 3 rings (SSSR count). The zero-order chi connectivity index (χ0) is 18.4. The second kappa shape index (κ2) is 8.38. The fraction of sp³-hybridized carbons (Fsp3) is 0.300. The van der Waals surface area contributed by atoms with E-state index >= 15 is 0 Å². The van der Waals surface area contributed by atoms with Gasteiger partial charge in [0.1, 0.15) is 5.75 Å². The van der Waals surface area contributed by atoms with Crippen molar-refractivity contribution in [3.05, 3.63) is 60.2 Å². The lowest BCUT2D eigenvalue weighted by Gasteiger charge is -2.34. The molecule has 0 saturated carbocycles. The van der Waals surface area contributed by atoms with E-state index in [0.29, 0.717) is 32.6 Å². The lowest BCUT2D eigenvalue weighted by Crippen LogP contribution is -2.52. The predicted octanol–water partition coefficient (Wildman–Crippen LogP) is 2.61. The summed E-state index contributed by atoms with van der Waals surface area (Å²) in [5.41, 5.74) is 1.73. The van der Waals surface area contributed by atoms with Crippen molar-refractivity contribution in [1.29, 1.82) is 0 Å². The molecule has 0 bridgehead atoms.